The Morgan fingerprint density at radius 2 is 2.39 bits per heavy atom. The summed E-state index contributed by atoms with van der Waals surface area (Å²) < 4.78 is 10.4. The van der Waals surface area contributed by atoms with Crippen molar-refractivity contribution in [3.63, 3.8) is 0 Å². The van der Waals surface area contributed by atoms with Crippen molar-refractivity contribution >= 4 is 5.97 Å². The molecule has 98 valence electrons. The molecule has 1 aromatic rings. The molecule has 0 saturated carbocycles. The maximum Gasteiger partial charge on any atom is 0.323 e. The summed E-state index contributed by atoms with van der Waals surface area (Å²) in [7, 11) is 1.64. The van der Waals surface area contributed by atoms with Crippen LogP contribution in [0.5, 0.6) is 5.75 Å². The van der Waals surface area contributed by atoms with E-state index in [1.54, 1.807) is 7.11 Å². The normalized spacial score (nSPS) is 18.6. The predicted molar refractivity (Wildman–Crippen MR) is 68.7 cm³/mol. The molecule has 0 amide bonds. The molecule has 0 aromatic heterocycles. The van der Waals surface area contributed by atoms with Crippen LogP contribution >= 0.6 is 0 Å². The quantitative estimate of drug-likeness (QED) is 0.804. The number of esters is 1. The summed E-state index contributed by atoms with van der Waals surface area (Å²) >= 11 is 0. The first-order chi connectivity index (χ1) is 8.79. The standard InChI is InChI=1S/C14H19NO3/c1-17-12-5-2-4-11(10-12)7-9-18-14(16)13-6-3-8-15-13/h2,4-5,10,13,15H,3,6-9H2,1H3. The molecular weight excluding hydrogens is 230 g/mol. The average molecular weight is 249 g/mol. The number of hydrogen-bond acceptors (Lipinski definition) is 4. The molecule has 0 bridgehead atoms. The predicted octanol–water partition coefficient (Wildman–Crippen LogP) is 1.53. The van der Waals surface area contributed by atoms with Gasteiger partial charge in [-0.3, -0.25) is 4.79 Å². The Kier molecular flexibility index (Phi) is 4.59. The lowest BCUT2D eigenvalue weighted by atomic mass is 10.1. The van der Waals surface area contributed by atoms with Crippen molar-refractivity contribution < 1.29 is 14.3 Å². The van der Waals surface area contributed by atoms with Crippen LogP contribution in [0.4, 0.5) is 0 Å². The summed E-state index contributed by atoms with van der Waals surface area (Å²) in [6.07, 6.45) is 2.66. The van der Waals surface area contributed by atoms with Crippen molar-refractivity contribution in [2.75, 3.05) is 20.3 Å². The second kappa shape index (κ2) is 6.40. The minimum Gasteiger partial charge on any atom is -0.497 e. The third-order valence-electron chi connectivity index (χ3n) is 3.11. The summed E-state index contributed by atoms with van der Waals surface area (Å²) in [4.78, 5) is 11.6. The Labute approximate surface area is 107 Å². The fourth-order valence-electron chi connectivity index (χ4n) is 2.08. The second-order valence-corrected chi connectivity index (χ2v) is 4.42. The maximum atomic E-state index is 11.6. The smallest absolute Gasteiger partial charge is 0.323 e. The van der Waals surface area contributed by atoms with Gasteiger partial charge in [-0.1, -0.05) is 12.1 Å². The van der Waals surface area contributed by atoms with Crippen molar-refractivity contribution in [1.29, 1.82) is 0 Å². The van der Waals surface area contributed by atoms with Gasteiger partial charge in [-0.25, -0.2) is 0 Å². The van der Waals surface area contributed by atoms with Crippen LogP contribution in [0.3, 0.4) is 0 Å². The molecule has 0 radical (unpaired) electrons. The Bertz CT molecular complexity index is 400. The van der Waals surface area contributed by atoms with Gasteiger partial charge in [0.05, 0.1) is 13.7 Å². The largest absolute Gasteiger partial charge is 0.497 e. The van der Waals surface area contributed by atoms with Gasteiger partial charge >= 0.3 is 5.97 Å². The number of nitrogens with one attached hydrogen (secondary N) is 1. The number of carbonyl (C=O) groups is 1. The molecule has 1 aliphatic heterocycles. The lowest BCUT2D eigenvalue weighted by Crippen LogP contribution is -2.32. The first-order valence-corrected chi connectivity index (χ1v) is 6.32. The van der Waals surface area contributed by atoms with E-state index in [1.807, 2.05) is 24.3 Å². The zero-order valence-electron chi connectivity index (χ0n) is 10.6. The maximum absolute atomic E-state index is 11.6. The molecule has 1 fully saturated rings. The van der Waals surface area contributed by atoms with Crippen LogP contribution in [0.25, 0.3) is 0 Å². The van der Waals surface area contributed by atoms with Crippen LogP contribution in [-0.4, -0.2) is 32.3 Å². The molecule has 1 N–H and O–H groups in total. The molecule has 18 heavy (non-hydrogen) atoms. The highest BCUT2D eigenvalue weighted by atomic mass is 16.5. The van der Waals surface area contributed by atoms with Crippen molar-refractivity contribution in [1.82, 2.24) is 5.32 Å². The van der Waals surface area contributed by atoms with Crippen molar-refractivity contribution in [2.45, 2.75) is 25.3 Å². The van der Waals surface area contributed by atoms with Gasteiger partial charge in [0.15, 0.2) is 0 Å². The molecule has 1 heterocycles. The third kappa shape index (κ3) is 3.47. The van der Waals surface area contributed by atoms with E-state index in [9.17, 15) is 4.79 Å². The zero-order valence-corrected chi connectivity index (χ0v) is 10.6. The number of benzene rings is 1. The molecule has 1 unspecified atom stereocenters. The van der Waals surface area contributed by atoms with E-state index in [-0.39, 0.29) is 12.0 Å². The topological polar surface area (TPSA) is 47.6 Å². The first-order valence-electron chi connectivity index (χ1n) is 6.32. The number of rotatable bonds is 5. The number of ether oxygens (including phenoxy) is 2. The lowest BCUT2D eigenvalue weighted by molar-refractivity contribution is -0.145. The van der Waals surface area contributed by atoms with E-state index in [2.05, 4.69) is 5.32 Å². The fourth-order valence-corrected chi connectivity index (χ4v) is 2.08. The molecule has 4 nitrogen and oxygen atoms in total. The van der Waals surface area contributed by atoms with E-state index in [0.717, 1.165) is 37.1 Å². The molecule has 1 saturated heterocycles. The Hall–Kier alpha value is -1.55. The van der Waals surface area contributed by atoms with Gasteiger partial charge in [-0.15, -0.1) is 0 Å². The third-order valence-corrected chi connectivity index (χ3v) is 3.11. The van der Waals surface area contributed by atoms with Crippen molar-refractivity contribution in [3.8, 4) is 5.75 Å². The molecule has 2 rings (SSSR count). The lowest BCUT2D eigenvalue weighted by Gasteiger charge is -2.10. The highest BCUT2D eigenvalue weighted by Gasteiger charge is 2.22. The van der Waals surface area contributed by atoms with Gasteiger partial charge < -0.3 is 14.8 Å². The average Bonchev–Trinajstić information content (AvgIpc) is 2.93. The van der Waals surface area contributed by atoms with Crippen molar-refractivity contribution in [2.24, 2.45) is 0 Å². The molecule has 1 atom stereocenters. The Morgan fingerprint density at radius 1 is 1.50 bits per heavy atom. The Morgan fingerprint density at radius 3 is 3.11 bits per heavy atom. The number of hydrogen-bond donors (Lipinski definition) is 1. The van der Waals surface area contributed by atoms with Crippen LogP contribution < -0.4 is 10.1 Å². The second-order valence-electron chi connectivity index (χ2n) is 4.42. The van der Waals surface area contributed by atoms with Crippen LogP contribution in [0.15, 0.2) is 24.3 Å². The molecular formula is C14H19NO3. The molecule has 1 aliphatic rings. The van der Waals surface area contributed by atoms with Gasteiger partial charge in [0.1, 0.15) is 11.8 Å². The van der Waals surface area contributed by atoms with Crippen molar-refractivity contribution in [3.05, 3.63) is 29.8 Å². The van der Waals surface area contributed by atoms with E-state index >= 15 is 0 Å². The highest BCUT2D eigenvalue weighted by Crippen LogP contribution is 2.13. The van der Waals surface area contributed by atoms with Crippen LogP contribution in [0, 0.1) is 0 Å². The summed E-state index contributed by atoms with van der Waals surface area (Å²) in [6.45, 7) is 1.33. The van der Waals surface area contributed by atoms with Gasteiger partial charge in [0.2, 0.25) is 0 Å². The minimum atomic E-state index is -0.129. The summed E-state index contributed by atoms with van der Waals surface area (Å²) in [5.74, 6) is 0.701. The number of carbonyl (C=O) groups excluding carboxylic acids is 1. The summed E-state index contributed by atoms with van der Waals surface area (Å²) in [6, 6.07) is 7.70. The zero-order chi connectivity index (χ0) is 12.8. The van der Waals surface area contributed by atoms with Gasteiger partial charge in [0, 0.05) is 6.42 Å². The monoisotopic (exact) mass is 249 g/mol. The van der Waals surface area contributed by atoms with Gasteiger partial charge in [-0.05, 0) is 37.1 Å². The molecule has 1 aromatic carbocycles. The molecule has 4 heteroatoms. The molecule has 0 aliphatic carbocycles. The van der Waals surface area contributed by atoms with Crippen LogP contribution in [0.2, 0.25) is 0 Å². The van der Waals surface area contributed by atoms with Crippen LogP contribution in [0.1, 0.15) is 18.4 Å². The summed E-state index contributed by atoms with van der Waals surface area (Å²) in [5, 5.41) is 3.13. The fraction of sp³-hybridized carbons (Fsp3) is 0.500. The van der Waals surface area contributed by atoms with Gasteiger partial charge in [-0.2, -0.15) is 0 Å². The van der Waals surface area contributed by atoms with Crippen LogP contribution in [-0.2, 0) is 16.0 Å². The van der Waals surface area contributed by atoms with E-state index in [0.29, 0.717) is 6.61 Å². The highest BCUT2D eigenvalue weighted by molar-refractivity contribution is 5.76. The Balaban J connectivity index is 1.75. The summed E-state index contributed by atoms with van der Waals surface area (Å²) in [5.41, 5.74) is 1.11. The number of methoxy groups -OCH3 is 1. The first kappa shape index (κ1) is 12.9. The molecule has 0 spiro atoms. The SMILES string of the molecule is COc1cccc(CCOC(=O)C2CCCN2)c1. The van der Waals surface area contributed by atoms with Gasteiger partial charge in [0.25, 0.3) is 0 Å². The van der Waals surface area contributed by atoms with E-state index < -0.39 is 0 Å². The van der Waals surface area contributed by atoms with E-state index in [4.69, 9.17) is 9.47 Å². The minimum absolute atomic E-state index is 0.102. The van der Waals surface area contributed by atoms with E-state index in [1.165, 1.54) is 0 Å².